The second kappa shape index (κ2) is 2.79. The maximum atomic E-state index is 11.3. The van der Waals surface area contributed by atoms with E-state index in [1.807, 2.05) is 6.92 Å². The number of hydrogen-bond acceptors (Lipinski definition) is 3. The number of nitrogens with zero attached hydrogens (tertiary/aromatic N) is 1. The molecule has 4 heteroatoms. The van der Waals surface area contributed by atoms with E-state index >= 15 is 0 Å². The number of carbonyl (C=O) groups is 1. The number of rotatable bonds is 1. The van der Waals surface area contributed by atoms with Crippen molar-refractivity contribution in [3.8, 4) is 0 Å². The van der Waals surface area contributed by atoms with Gasteiger partial charge < -0.3 is 15.6 Å². The fraction of sp³-hybridized carbons (Fsp3) is 0.625. The van der Waals surface area contributed by atoms with Crippen LogP contribution in [-0.4, -0.2) is 23.6 Å². The van der Waals surface area contributed by atoms with Gasteiger partial charge in [0.25, 0.3) is 0 Å². The van der Waals surface area contributed by atoms with Gasteiger partial charge in [-0.3, -0.25) is 4.79 Å². The van der Waals surface area contributed by atoms with Crippen LogP contribution in [0.5, 0.6) is 0 Å². The Labute approximate surface area is 71.8 Å². The first-order valence-electron chi connectivity index (χ1n) is 3.86. The third-order valence-electron chi connectivity index (χ3n) is 2.16. The van der Waals surface area contributed by atoms with E-state index in [1.54, 1.807) is 6.92 Å². The van der Waals surface area contributed by atoms with Gasteiger partial charge in [-0.1, -0.05) is 5.57 Å². The molecule has 1 rings (SSSR count). The van der Waals surface area contributed by atoms with Crippen molar-refractivity contribution in [1.29, 1.82) is 0 Å². The minimum atomic E-state index is -0.932. The Morgan fingerprint density at radius 3 is 2.75 bits per heavy atom. The van der Waals surface area contributed by atoms with Gasteiger partial charge in [0.2, 0.25) is 5.91 Å². The molecule has 0 saturated carbocycles. The van der Waals surface area contributed by atoms with Gasteiger partial charge in [-0.05, 0) is 20.0 Å². The first-order chi connectivity index (χ1) is 5.50. The van der Waals surface area contributed by atoms with Crippen LogP contribution in [0.2, 0.25) is 0 Å². The Bertz CT molecular complexity index is 237. The predicted molar refractivity (Wildman–Crippen MR) is 46.1 cm³/mol. The summed E-state index contributed by atoms with van der Waals surface area (Å²) in [5.41, 5.74) is 0.00912. The molecule has 0 aliphatic carbocycles. The fourth-order valence-corrected chi connectivity index (χ4v) is 1.46. The topological polar surface area (TPSA) is 55.4 Å². The van der Waals surface area contributed by atoms with Gasteiger partial charge in [0.1, 0.15) is 5.54 Å². The van der Waals surface area contributed by atoms with Crippen molar-refractivity contribution in [3.63, 3.8) is 0 Å². The van der Waals surface area contributed by atoms with Crippen molar-refractivity contribution in [2.24, 2.45) is 0 Å². The average molecular weight is 169 g/mol. The molecule has 1 aliphatic heterocycles. The summed E-state index contributed by atoms with van der Waals surface area (Å²) in [4.78, 5) is 11.3. The number of hydrogen-bond donors (Lipinski definition) is 1. The summed E-state index contributed by atoms with van der Waals surface area (Å²) in [5, 5.41) is 14.5. The smallest absolute Gasteiger partial charge is 0.244 e. The molecule has 1 unspecified atom stereocenters. The molecular weight excluding hydrogens is 156 g/mol. The van der Waals surface area contributed by atoms with Gasteiger partial charge in [0.15, 0.2) is 0 Å². The van der Waals surface area contributed by atoms with E-state index in [0.29, 0.717) is 6.42 Å². The zero-order valence-electron chi connectivity index (χ0n) is 7.55. The minimum absolute atomic E-state index is 0.231. The van der Waals surface area contributed by atoms with Crippen molar-refractivity contribution in [2.75, 3.05) is 7.05 Å². The summed E-state index contributed by atoms with van der Waals surface area (Å²) in [5.74, 6) is -0.231. The third-order valence-corrected chi connectivity index (χ3v) is 2.16. The summed E-state index contributed by atoms with van der Waals surface area (Å²) in [6.07, 6.45) is 1.98. The maximum Gasteiger partial charge on any atom is 0.244 e. The van der Waals surface area contributed by atoms with Crippen LogP contribution in [0.25, 0.3) is 0 Å². The summed E-state index contributed by atoms with van der Waals surface area (Å²) in [6, 6.07) is 0. The van der Waals surface area contributed by atoms with Crippen LogP contribution in [-0.2, 0) is 4.79 Å². The molecule has 0 bridgehead atoms. The normalized spacial score (nSPS) is 28.7. The molecule has 1 aliphatic rings. The van der Waals surface area contributed by atoms with Crippen molar-refractivity contribution >= 4 is 5.91 Å². The molecule has 1 heterocycles. The van der Waals surface area contributed by atoms with E-state index in [1.165, 1.54) is 13.2 Å². The lowest BCUT2D eigenvalue weighted by molar-refractivity contribution is -0.128. The van der Waals surface area contributed by atoms with Gasteiger partial charge in [0.05, 0.1) is 0 Å². The number of hydroxylamine groups is 2. The van der Waals surface area contributed by atoms with Crippen LogP contribution in [0.4, 0.5) is 0 Å². The van der Waals surface area contributed by atoms with E-state index in [2.05, 4.69) is 5.32 Å². The van der Waals surface area contributed by atoms with Crippen molar-refractivity contribution in [2.45, 2.75) is 25.8 Å². The first-order valence-corrected chi connectivity index (χ1v) is 3.86. The molecule has 0 radical (unpaired) electrons. The lowest BCUT2D eigenvalue weighted by Gasteiger charge is -2.39. The molecule has 1 atom stereocenters. The van der Waals surface area contributed by atoms with Gasteiger partial charge in [0, 0.05) is 13.5 Å². The summed E-state index contributed by atoms with van der Waals surface area (Å²) in [6.45, 7) is 3.49. The monoisotopic (exact) mass is 169 g/mol. The number of nitrogens with one attached hydrogen (secondary N) is 1. The molecule has 0 aromatic heterocycles. The SMILES string of the molecule is CNC(=O)C1(C)CC(C)=CN1[O-]. The molecular formula is C8H13N2O2-. The van der Waals surface area contributed by atoms with Gasteiger partial charge in [-0.25, -0.2) is 0 Å². The largest absolute Gasteiger partial charge is 0.758 e. The Balaban J connectivity index is 2.83. The second-order valence-electron chi connectivity index (χ2n) is 3.33. The Morgan fingerprint density at radius 1 is 1.83 bits per heavy atom. The molecule has 1 amide bonds. The highest BCUT2D eigenvalue weighted by molar-refractivity contribution is 5.86. The highest BCUT2D eigenvalue weighted by Crippen LogP contribution is 2.30. The standard InChI is InChI=1S/C8H13N2O2/c1-6-4-8(2,7(11)9-3)10(12)5-6/h5H,4H2,1-3H3,(H,9,11)/q-1. The highest BCUT2D eigenvalue weighted by atomic mass is 16.5. The minimum Gasteiger partial charge on any atom is -0.758 e. The van der Waals surface area contributed by atoms with Crippen LogP contribution in [0.15, 0.2) is 11.8 Å². The van der Waals surface area contributed by atoms with E-state index in [9.17, 15) is 10.0 Å². The van der Waals surface area contributed by atoms with E-state index in [0.717, 1.165) is 10.6 Å². The van der Waals surface area contributed by atoms with Crippen molar-refractivity contribution in [3.05, 3.63) is 17.0 Å². The van der Waals surface area contributed by atoms with Gasteiger partial charge in [-0.2, -0.15) is 0 Å². The van der Waals surface area contributed by atoms with Crippen molar-refractivity contribution < 1.29 is 4.79 Å². The van der Waals surface area contributed by atoms with Crippen LogP contribution in [0.3, 0.4) is 0 Å². The van der Waals surface area contributed by atoms with Gasteiger partial charge >= 0.3 is 0 Å². The molecule has 68 valence electrons. The highest BCUT2D eigenvalue weighted by Gasteiger charge is 2.36. The number of amides is 1. The van der Waals surface area contributed by atoms with E-state index in [4.69, 9.17) is 0 Å². The molecule has 12 heavy (non-hydrogen) atoms. The lowest BCUT2D eigenvalue weighted by Crippen LogP contribution is -2.49. The van der Waals surface area contributed by atoms with Crippen LogP contribution < -0.4 is 5.32 Å². The first kappa shape index (κ1) is 9.06. The van der Waals surface area contributed by atoms with Crippen LogP contribution in [0.1, 0.15) is 20.3 Å². The summed E-state index contributed by atoms with van der Waals surface area (Å²) < 4.78 is 0. The van der Waals surface area contributed by atoms with E-state index in [-0.39, 0.29) is 5.91 Å². The van der Waals surface area contributed by atoms with Crippen LogP contribution in [0, 0.1) is 5.21 Å². The van der Waals surface area contributed by atoms with Gasteiger partial charge in [-0.15, -0.1) is 0 Å². The van der Waals surface area contributed by atoms with Crippen molar-refractivity contribution in [1.82, 2.24) is 10.4 Å². The Morgan fingerprint density at radius 2 is 2.42 bits per heavy atom. The summed E-state index contributed by atoms with van der Waals surface area (Å²) >= 11 is 0. The second-order valence-corrected chi connectivity index (χ2v) is 3.33. The average Bonchev–Trinajstić information content (AvgIpc) is 2.26. The molecule has 0 fully saturated rings. The molecule has 0 aromatic rings. The predicted octanol–water partition coefficient (Wildman–Crippen LogP) is 0.598. The number of carbonyl (C=O) groups excluding carboxylic acids is 1. The fourth-order valence-electron chi connectivity index (χ4n) is 1.46. The lowest BCUT2D eigenvalue weighted by atomic mass is 9.96. The molecule has 4 nitrogen and oxygen atoms in total. The third kappa shape index (κ3) is 1.18. The molecule has 0 saturated heterocycles. The zero-order valence-corrected chi connectivity index (χ0v) is 7.55. The quantitative estimate of drug-likeness (QED) is 0.625. The van der Waals surface area contributed by atoms with Crippen LogP contribution >= 0.6 is 0 Å². The maximum absolute atomic E-state index is 11.3. The zero-order chi connectivity index (χ0) is 9.35. The molecule has 0 spiro atoms. The number of likely N-dealkylation sites (N-methyl/N-ethyl adjacent to an activating group) is 1. The van der Waals surface area contributed by atoms with E-state index < -0.39 is 5.54 Å². The Hall–Kier alpha value is -1.03. The summed E-state index contributed by atoms with van der Waals surface area (Å²) in [7, 11) is 1.54. The molecule has 0 aromatic carbocycles. The molecule has 1 N–H and O–H groups in total. The Kier molecular flexibility index (Phi) is 2.10.